The monoisotopic (exact) mass is 313 g/mol. The Morgan fingerprint density at radius 1 is 1.00 bits per heavy atom. The Bertz CT molecular complexity index is 285. The fraction of sp³-hybridized carbons (Fsp3) is 0.917. The van der Waals surface area contributed by atoms with Crippen molar-refractivity contribution in [2.75, 3.05) is 0 Å². The van der Waals surface area contributed by atoms with Crippen molar-refractivity contribution in [3.63, 3.8) is 0 Å². The molecule has 5 nitrogen and oxygen atoms in total. The van der Waals surface area contributed by atoms with Gasteiger partial charge in [0.15, 0.2) is 0 Å². The average molecular weight is 314 g/mol. The highest BCUT2D eigenvalue weighted by Gasteiger charge is 2.36. The van der Waals surface area contributed by atoms with Gasteiger partial charge >= 0.3 is 10.4 Å². The maximum atomic E-state index is 10.4. The van der Waals surface area contributed by atoms with Crippen LogP contribution in [0.15, 0.2) is 0 Å². The maximum absolute atomic E-state index is 10.4. The van der Waals surface area contributed by atoms with Gasteiger partial charge in [0, 0.05) is 12.8 Å². The molecule has 0 aliphatic carbocycles. The second-order valence-electron chi connectivity index (χ2n) is 4.65. The number of aliphatic carboxylic acids is 1. The van der Waals surface area contributed by atoms with E-state index in [-0.39, 0.29) is 12.8 Å². The Morgan fingerprint density at radius 2 is 1.42 bits per heavy atom. The molecule has 19 heavy (non-hydrogen) atoms. The van der Waals surface area contributed by atoms with E-state index in [1.807, 2.05) is 0 Å². The van der Waals surface area contributed by atoms with E-state index in [2.05, 4.69) is 0 Å². The van der Waals surface area contributed by atoms with E-state index in [1.54, 1.807) is 0 Å². The molecule has 0 amide bonds. The van der Waals surface area contributed by atoms with E-state index in [4.69, 9.17) is 28.3 Å². The van der Waals surface area contributed by atoms with Crippen LogP contribution in [0.4, 0.5) is 0 Å². The molecule has 7 heteroatoms. The molecule has 0 heterocycles. The number of rotatable bonds is 12. The summed E-state index contributed by atoms with van der Waals surface area (Å²) in [4.78, 5) is 20.0. The van der Waals surface area contributed by atoms with E-state index < -0.39 is 15.3 Å². The van der Waals surface area contributed by atoms with Crippen LogP contribution >= 0.6 is 23.2 Å². The summed E-state index contributed by atoms with van der Waals surface area (Å²) >= 11 is 11.0. The Hall–Kier alpha value is -0.550. The molecule has 112 valence electrons. The fourth-order valence-corrected chi connectivity index (χ4v) is 2.03. The van der Waals surface area contributed by atoms with Crippen molar-refractivity contribution in [3.05, 3.63) is 10.1 Å². The lowest BCUT2D eigenvalue weighted by Crippen LogP contribution is -2.24. The first-order valence-electron chi connectivity index (χ1n) is 6.60. The Labute approximate surface area is 123 Å². The highest BCUT2D eigenvalue weighted by atomic mass is 35.5. The summed E-state index contributed by atoms with van der Waals surface area (Å²) in [5, 5.41) is 18.9. The van der Waals surface area contributed by atoms with Crippen molar-refractivity contribution < 1.29 is 14.8 Å². The molecule has 0 aliphatic heterocycles. The zero-order valence-electron chi connectivity index (χ0n) is 10.9. The molecule has 0 spiro atoms. The minimum atomic E-state index is -1.85. The van der Waals surface area contributed by atoms with Crippen molar-refractivity contribution in [1.82, 2.24) is 0 Å². The maximum Gasteiger partial charge on any atom is 0.370 e. The molecule has 0 aliphatic rings. The van der Waals surface area contributed by atoms with Gasteiger partial charge in [-0.05, 0) is 36.0 Å². The standard InChI is InChI=1S/C12H21Cl2NO4/c13-12(14,15(18)19)10-8-6-4-2-1-3-5-7-9-11(16)17/h1-10H2,(H,16,17). The highest BCUT2D eigenvalue weighted by Crippen LogP contribution is 2.28. The number of hydrogen-bond donors (Lipinski definition) is 1. The van der Waals surface area contributed by atoms with Crippen LogP contribution in [0.1, 0.15) is 64.2 Å². The molecule has 0 fully saturated rings. The van der Waals surface area contributed by atoms with Gasteiger partial charge < -0.3 is 5.11 Å². The van der Waals surface area contributed by atoms with E-state index in [9.17, 15) is 14.9 Å². The number of carboxylic acid groups (broad SMARTS) is 1. The molecule has 0 unspecified atom stereocenters. The van der Waals surface area contributed by atoms with Gasteiger partial charge in [-0.25, -0.2) is 0 Å². The number of nitrogens with zero attached hydrogens (tertiary/aromatic N) is 1. The molecule has 0 aromatic carbocycles. The number of halogens is 2. The van der Waals surface area contributed by atoms with E-state index in [1.165, 1.54) is 0 Å². The number of nitro groups is 1. The summed E-state index contributed by atoms with van der Waals surface area (Å²) in [6.07, 6.45) is 7.79. The number of hydrogen-bond acceptors (Lipinski definition) is 3. The van der Waals surface area contributed by atoms with Crippen molar-refractivity contribution in [2.24, 2.45) is 0 Å². The second-order valence-corrected chi connectivity index (χ2v) is 6.09. The van der Waals surface area contributed by atoms with Crippen LogP contribution in [0, 0.1) is 10.1 Å². The van der Waals surface area contributed by atoms with Gasteiger partial charge in [-0.3, -0.25) is 14.9 Å². The molecular weight excluding hydrogens is 293 g/mol. The minimum absolute atomic E-state index is 0.168. The van der Waals surface area contributed by atoms with Gasteiger partial charge in [-0.1, -0.05) is 38.5 Å². The van der Waals surface area contributed by atoms with Crippen LogP contribution in [-0.2, 0) is 4.79 Å². The van der Waals surface area contributed by atoms with Gasteiger partial charge in [0.25, 0.3) is 0 Å². The lowest BCUT2D eigenvalue weighted by Gasteiger charge is -2.09. The smallest absolute Gasteiger partial charge is 0.370 e. The summed E-state index contributed by atoms with van der Waals surface area (Å²) in [5.41, 5.74) is 0. The molecule has 1 N–H and O–H groups in total. The Balaban J connectivity index is 3.28. The molecule has 0 aromatic heterocycles. The van der Waals surface area contributed by atoms with Gasteiger partial charge in [-0.2, -0.15) is 0 Å². The van der Waals surface area contributed by atoms with Crippen LogP contribution in [0.2, 0.25) is 0 Å². The van der Waals surface area contributed by atoms with Crippen molar-refractivity contribution >= 4 is 29.2 Å². The third-order valence-corrected chi connectivity index (χ3v) is 3.54. The number of carbonyl (C=O) groups is 1. The minimum Gasteiger partial charge on any atom is -0.481 e. The number of alkyl halides is 2. The summed E-state index contributed by atoms with van der Waals surface area (Å²) in [5.74, 6) is -0.739. The predicted octanol–water partition coefficient (Wildman–Crippen LogP) is 4.38. The van der Waals surface area contributed by atoms with Crippen LogP contribution in [0.3, 0.4) is 0 Å². The number of carboxylic acids is 1. The Morgan fingerprint density at radius 3 is 1.84 bits per heavy atom. The van der Waals surface area contributed by atoms with Crippen molar-refractivity contribution in [1.29, 1.82) is 0 Å². The fourth-order valence-electron chi connectivity index (χ4n) is 1.77. The molecule has 0 bridgehead atoms. The van der Waals surface area contributed by atoms with E-state index in [0.717, 1.165) is 44.9 Å². The zero-order chi connectivity index (χ0) is 14.7. The molecule has 0 aromatic rings. The largest absolute Gasteiger partial charge is 0.481 e. The summed E-state index contributed by atoms with van der Waals surface area (Å²) in [6.45, 7) is 0. The summed E-state index contributed by atoms with van der Waals surface area (Å²) < 4.78 is -1.85. The van der Waals surface area contributed by atoms with Crippen molar-refractivity contribution in [3.8, 4) is 0 Å². The average Bonchev–Trinajstić information content (AvgIpc) is 2.30. The first-order valence-corrected chi connectivity index (χ1v) is 7.36. The van der Waals surface area contributed by atoms with E-state index >= 15 is 0 Å². The third-order valence-electron chi connectivity index (χ3n) is 2.89. The molecule has 0 radical (unpaired) electrons. The van der Waals surface area contributed by atoms with Gasteiger partial charge in [-0.15, -0.1) is 0 Å². The molecule has 0 saturated heterocycles. The van der Waals surface area contributed by atoms with Crippen LogP contribution in [-0.4, -0.2) is 20.5 Å². The first kappa shape index (κ1) is 18.4. The molecular formula is C12H21Cl2NO4. The molecule has 0 atom stereocenters. The Kier molecular flexibility index (Phi) is 9.97. The summed E-state index contributed by atoms with van der Waals surface area (Å²) in [7, 11) is 0. The van der Waals surface area contributed by atoms with Crippen LogP contribution < -0.4 is 0 Å². The number of unbranched alkanes of at least 4 members (excludes halogenated alkanes) is 7. The molecule has 0 saturated carbocycles. The SMILES string of the molecule is O=C(O)CCCCCCCCCCC(Cl)(Cl)[N+](=O)[O-]. The quantitative estimate of drug-likeness (QED) is 0.190. The van der Waals surface area contributed by atoms with Gasteiger partial charge in [0.2, 0.25) is 0 Å². The van der Waals surface area contributed by atoms with Crippen LogP contribution in [0.5, 0.6) is 0 Å². The molecule has 0 rings (SSSR count). The zero-order valence-corrected chi connectivity index (χ0v) is 12.5. The van der Waals surface area contributed by atoms with Crippen LogP contribution in [0.25, 0.3) is 0 Å². The highest BCUT2D eigenvalue weighted by molar-refractivity contribution is 6.46. The third kappa shape index (κ3) is 11.0. The predicted molar refractivity (Wildman–Crippen MR) is 75.2 cm³/mol. The van der Waals surface area contributed by atoms with Crippen molar-refractivity contribution in [2.45, 2.75) is 68.7 Å². The normalized spacial score (nSPS) is 11.5. The summed E-state index contributed by atoms with van der Waals surface area (Å²) in [6, 6.07) is 0. The first-order chi connectivity index (χ1) is 8.86. The van der Waals surface area contributed by atoms with Gasteiger partial charge in [0.1, 0.15) is 0 Å². The lowest BCUT2D eigenvalue weighted by atomic mass is 10.1. The van der Waals surface area contributed by atoms with E-state index in [0.29, 0.717) is 6.42 Å². The van der Waals surface area contributed by atoms with Gasteiger partial charge in [0.05, 0.1) is 4.92 Å². The topological polar surface area (TPSA) is 80.4 Å². The lowest BCUT2D eigenvalue weighted by molar-refractivity contribution is -0.516. The second kappa shape index (κ2) is 10.3.